The van der Waals surface area contributed by atoms with Crippen LogP contribution in [0.15, 0.2) is 36.8 Å². The van der Waals surface area contributed by atoms with Crippen LogP contribution < -0.4 is 10.2 Å². The molecule has 5 heteroatoms. The number of imidazole rings is 1. The Kier molecular flexibility index (Phi) is 3.18. The van der Waals surface area contributed by atoms with E-state index in [1.807, 2.05) is 49.0 Å². The summed E-state index contributed by atoms with van der Waals surface area (Å²) in [5.41, 5.74) is 3.07. The average molecular weight is 270 g/mol. The topological polar surface area (TPSA) is 50.2 Å². The van der Waals surface area contributed by atoms with Crippen molar-refractivity contribution in [3.63, 3.8) is 0 Å². The quantitative estimate of drug-likeness (QED) is 0.908. The van der Waals surface area contributed by atoms with Gasteiger partial charge in [-0.1, -0.05) is 19.1 Å². The maximum absolute atomic E-state index is 12.0. The number of anilines is 2. The first-order valence-corrected chi connectivity index (χ1v) is 6.75. The molecule has 0 spiro atoms. The third-order valence-electron chi connectivity index (χ3n) is 3.71. The van der Waals surface area contributed by atoms with Crippen LogP contribution in [0.3, 0.4) is 0 Å². The summed E-state index contributed by atoms with van der Waals surface area (Å²) >= 11 is 0. The molecule has 104 valence electrons. The number of carbonyl (C=O) groups is 1. The first kappa shape index (κ1) is 12.7. The molecule has 0 aliphatic carbocycles. The molecule has 1 N–H and O–H groups in total. The number of nitrogens with one attached hydrogen (secondary N) is 1. The molecule has 0 saturated heterocycles. The number of hydrogen-bond donors (Lipinski definition) is 1. The Balaban J connectivity index is 1.96. The van der Waals surface area contributed by atoms with Crippen molar-refractivity contribution in [1.29, 1.82) is 0 Å². The van der Waals surface area contributed by atoms with Gasteiger partial charge in [0.15, 0.2) is 0 Å². The highest BCUT2D eigenvalue weighted by Crippen LogP contribution is 2.30. The number of benzene rings is 1. The third kappa shape index (κ3) is 2.27. The molecule has 1 aliphatic rings. The number of aromatic nitrogens is 2. The number of hydrogen-bond acceptors (Lipinski definition) is 3. The lowest BCUT2D eigenvalue weighted by Gasteiger charge is -2.25. The number of amides is 1. The summed E-state index contributed by atoms with van der Waals surface area (Å²) in [7, 11) is 1.99. The molecule has 0 saturated carbocycles. The summed E-state index contributed by atoms with van der Waals surface area (Å²) in [6.45, 7) is 3.40. The summed E-state index contributed by atoms with van der Waals surface area (Å²) in [5.74, 6) is 0.0283. The van der Waals surface area contributed by atoms with Gasteiger partial charge >= 0.3 is 0 Å². The highest BCUT2D eigenvalue weighted by atomic mass is 16.1. The molecule has 0 bridgehead atoms. The summed E-state index contributed by atoms with van der Waals surface area (Å²) in [5, 5.41) is 2.99. The number of para-hydroxylation sites is 2. The van der Waals surface area contributed by atoms with Gasteiger partial charge in [0.2, 0.25) is 5.91 Å². The minimum Gasteiger partial charge on any atom is -0.363 e. The van der Waals surface area contributed by atoms with Crippen molar-refractivity contribution >= 4 is 17.3 Å². The third-order valence-corrected chi connectivity index (χ3v) is 3.71. The number of aryl methyl sites for hydroxylation is 1. The van der Waals surface area contributed by atoms with Crippen LogP contribution in [0.2, 0.25) is 0 Å². The zero-order valence-corrected chi connectivity index (χ0v) is 11.7. The van der Waals surface area contributed by atoms with Gasteiger partial charge in [-0.25, -0.2) is 4.98 Å². The molecule has 2 heterocycles. The van der Waals surface area contributed by atoms with E-state index in [-0.39, 0.29) is 11.8 Å². The van der Waals surface area contributed by atoms with E-state index < -0.39 is 0 Å². The smallest absolute Gasteiger partial charge is 0.229 e. The molecule has 1 atom stereocenters. The summed E-state index contributed by atoms with van der Waals surface area (Å²) < 4.78 is 2.01. The monoisotopic (exact) mass is 270 g/mol. The molecule has 5 nitrogen and oxygen atoms in total. The largest absolute Gasteiger partial charge is 0.363 e. The van der Waals surface area contributed by atoms with Gasteiger partial charge in [0.1, 0.15) is 0 Å². The number of carbonyl (C=O) groups excluding carboxylic acids is 1. The molecule has 20 heavy (non-hydrogen) atoms. The van der Waals surface area contributed by atoms with Gasteiger partial charge in [0.05, 0.1) is 35.9 Å². The highest BCUT2D eigenvalue weighted by molar-refractivity contribution is 5.97. The molecule has 1 unspecified atom stereocenters. The summed E-state index contributed by atoms with van der Waals surface area (Å²) in [6.07, 6.45) is 3.67. The van der Waals surface area contributed by atoms with Gasteiger partial charge in [0, 0.05) is 19.8 Å². The van der Waals surface area contributed by atoms with Crippen LogP contribution in [0.25, 0.3) is 0 Å². The molecule has 1 amide bonds. The van der Waals surface area contributed by atoms with Crippen molar-refractivity contribution in [1.82, 2.24) is 9.55 Å². The average Bonchev–Trinajstić information content (AvgIpc) is 2.78. The Morgan fingerprint density at radius 3 is 2.95 bits per heavy atom. The van der Waals surface area contributed by atoms with Crippen LogP contribution in [0, 0.1) is 5.92 Å². The Morgan fingerprint density at radius 1 is 1.40 bits per heavy atom. The molecular weight excluding hydrogens is 252 g/mol. The normalized spacial score (nSPS) is 18.4. The summed E-state index contributed by atoms with van der Waals surface area (Å²) in [6, 6.07) is 7.93. The Morgan fingerprint density at radius 2 is 2.20 bits per heavy atom. The second-order valence-electron chi connectivity index (χ2n) is 5.28. The van der Waals surface area contributed by atoms with Crippen molar-refractivity contribution in [2.75, 3.05) is 16.8 Å². The first-order chi connectivity index (χ1) is 9.65. The van der Waals surface area contributed by atoms with E-state index in [4.69, 9.17) is 0 Å². The lowest BCUT2D eigenvalue weighted by atomic mass is 10.1. The molecule has 1 aromatic heterocycles. The van der Waals surface area contributed by atoms with Crippen LogP contribution in [0.4, 0.5) is 11.4 Å². The zero-order chi connectivity index (χ0) is 14.1. The van der Waals surface area contributed by atoms with E-state index in [1.165, 1.54) is 0 Å². The predicted octanol–water partition coefficient (Wildman–Crippen LogP) is 2.01. The molecule has 3 rings (SSSR count). The van der Waals surface area contributed by atoms with Crippen molar-refractivity contribution in [3.8, 4) is 0 Å². The van der Waals surface area contributed by atoms with Gasteiger partial charge in [-0.2, -0.15) is 0 Å². The number of nitrogens with zero attached hydrogens (tertiary/aromatic N) is 3. The zero-order valence-electron chi connectivity index (χ0n) is 11.7. The maximum atomic E-state index is 12.0. The fourth-order valence-corrected chi connectivity index (χ4v) is 2.51. The van der Waals surface area contributed by atoms with Crippen LogP contribution in [-0.2, 0) is 18.4 Å². The van der Waals surface area contributed by atoms with Crippen LogP contribution >= 0.6 is 0 Å². The van der Waals surface area contributed by atoms with Gasteiger partial charge in [0.25, 0.3) is 0 Å². The van der Waals surface area contributed by atoms with Gasteiger partial charge in [-0.05, 0) is 12.1 Å². The van der Waals surface area contributed by atoms with Crippen molar-refractivity contribution in [2.24, 2.45) is 13.0 Å². The van der Waals surface area contributed by atoms with Gasteiger partial charge in [-0.3, -0.25) is 4.79 Å². The van der Waals surface area contributed by atoms with E-state index in [1.54, 1.807) is 6.33 Å². The van der Waals surface area contributed by atoms with Gasteiger partial charge < -0.3 is 14.8 Å². The molecule has 0 radical (unpaired) electrons. The second kappa shape index (κ2) is 5.00. The van der Waals surface area contributed by atoms with E-state index >= 15 is 0 Å². The minimum absolute atomic E-state index is 0.0457. The van der Waals surface area contributed by atoms with Crippen LogP contribution in [0.1, 0.15) is 12.6 Å². The molecule has 1 aliphatic heterocycles. The predicted molar refractivity (Wildman–Crippen MR) is 78.5 cm³/mol. The van der Waals surface area contributed by atoms with Crippen molar-refractivity contribution in [3.05, 3.63) is 42.5 Å². The molecule has 1 aromatic carbocycles. The first-order valence-electron chi connectivity index (χ1n) is 6.75. The number of rotatable bonds is 2. The lowest BCUT2D eigenvalue weighted by Crippen LogP contribution is -2.30. The van der Waals surface area contributed by atoms with E-state index in [0.717, 1.165) is 23.6 Å². The van der Waals surface area contributed by atoms with Crippen molar-refractivity contribution in [2.45, 2.75) is 13.5 Å². The molecular formula is C15H18N4O. The Bertz CT molecular complexity index is 634. The Labute approximate surface area is 118 Å². The van der Waals surface area contributed by atoms with E-state index in [9.17, 15) is 4.79 Å². The molecule has 0 fully saturated rings. The minimum atomic E-state index is -0.0457. The van der Waals surface area contributed by atoms with Crippen LogP contribution in [-0.4, -0.2) is 22.0 Å². The standard InChI is InChI=1S/C15H18N4O/c1-11-8-19(9-12-7-16-10-18(12)2)14-6-4-3-5-13(14)17-15(11)20/h3-7,10-11H,8-9H2,1-2H3,(H,17,20). The number of fused-ring (bicyclic) bond motifs is 1. The van der Waals surface area contributed by atoms with E-state index in [2.05, 4.69) is 15.2 Å². The lowest BCUT2D eigenvalue weighted by molar-refractivity contribution is -0.119. The summed E-state index contributed by atoms with van der Waals surface area (Å²) in [4.78, 5) is 18.4. The second-order valence-corrected chi connectivity index (χ2v) is 5.28. The SMILES string of the molecule is CC1CN(Cc2cncn2C)c2ccccc2NC1=O. The fraction of sp³-hybridized carbons (Fsp3) is 0.333. The van der Waals surface area contributed by atoms with Gasteiger partial charge in [-0.15, -0.1) is 0 Å². The highest BCUT2D eigenvalue weighted by Gasteiger charge is 2.25. The Hall–Kier alpha value is -2.30. The van der Waals surface area contributed by atoms with Crippen molar-refractivity contribution < 1.29 is 4.79 Å². The maximum Gasteiger partial charge on any atom is 0.229 e. The molecule has 2 aromatic rings. The fourth-order valence-electron chi connectivity index (χ4n) is 2.51. The van der Waals surface area contributed by atoms with Crippen LogP contribution in [0.5, 0.6) is 0 Å². The van der Waals surface area contributed by atoms with E-state index in [0.29, 0.717) is 6.54 Å².